The van der Waals surface area contributed by atoms with E-state index in [9.17, 15) is 4.39 Å². The van der Waals surface area contributed by atoms with Gasteiger partial charge in [-0.05, 0) is 30.7 Å². The summed E-state index contributed by atoms with van der Waals surface area (Å²) in [5.41, 5.74) is 0.441. The Morgan fingerprint density at radius 1 is 1.24 bits per heavy atom. The highest BCUT2D eigenvalue weighted by molar-refractivity contribution is 7.99. The topological polar surface area (TPSA) is 25.8 Å². The quantitative estimate of drug-likeness (QED) is 0.788. The number of aromatic nitrogens is 2. The third kappa shape index (κ3) is 2.96. The van der Waals surface area contributed by atoms with Crippen LogP contribution in [-0.2, 0) is 6.42 Å². The van der Waals surface area contributed by atoms with Gasteiger partial charge in [0, 0.05) is 9.92 Å². The Kier molecular flexibility index (Phi) is 3.97. The number of halogens is 2. The van der Waals surface area contributed by atoms with Crippen LogP contribution in [0.3, 0.4) is 0 Å². The van der Waals surface area contributed by atoms with Crippen LogP contribution in [0.4, 0.5) is 4.39 Å². The van der Waals surface area contributed by atoms with E-state index in [1.807, 2.05) is 19.1 Å². The highest BCUT2D eigenvalue weighted by atomic mass is 35.5. The maximum Gasteiger partial charge on any atom is 0.177 e. The molecule has 0 aliphatic heterocycles. The lowest BCUT2D eigenvalue weighted by Gasteiger charge is -2.04. The molecule has 5 heteroatoms. The molecule has 2 rings (SSSR count). The minimum Gasteiger partial charge on any atom is -0.238 e. The van der Waals surface area contributed by atoms with E-state index in [1.54, 1.807) is 12.1 Å². The molecule has 1 aromatic heterocycles. The molecule has 0 saturated carbocycles. The SMILES string of the molecule is CCc1ncnc(Sc2ccc(Cl)cc2)c1F. The van der Waals surface area contributed by atoms with Crippen LogP contribution in [0.1, 0.15) is 12.6 Å². The number of nitrogens with zero attached hydrogens (tertiary/aromatic N) is 2. The van der Waals surface area contributed by atoms with Gasteiger partial charge in [-0.1, -0.05) is 30.3 Å². The molecule has 0 radical (unpaired) electrons. The van der Waals surface area contributed by atoms with Gasteiger partial charge in [0.05, 0.1) is 5.69 Å². The Morgan fingerprint density at radius 3 is 2.59 bits per heavy atom. The molecule has 0 amide bonds. The smallest absolute Gasteiger partial charge is 0.177 e. The first-order chi connectivity index (χ1) is 8.20. The molecule has 0 aliphatic carbocycles. The molecule has 0 atom stereocenters. The normalized spacial score (nSPS) is 10.5. The van der Waals surface area contributed by atoms with Crippen LogP contribution in [0.25, 0.3) is 0 Å². The number of hydrogen-bond acceptors (Lipinski definition) is 3. The third-order valence-corrected chi connectivity index (χ3v) is 3.43. The van der Waals surface area contributed by atoms with Crippen molar-refractivity contribution < 1.29 is 4.39 Å². The van der Waals surface area contributed by atoms with Gasteiger partial charge >= 0.3 is 0 Å². The van der Waals surface area contributed by atoms with Gasteiger partial charge in [0.1, 0.15) is 11.4 Å². The number of hydrogen-bond donors (Lipinski definition) is 0. The Hall–Kier alpha value is -1.13. The standard InChI is InChI=1S/C12H10ClFN2S/c1-2-10-11(14)12(16-7-15-10)17-9-5-3-8(13)4-6-9/h3-7H,2H2,1H3. The summed E-state index contributed by atoms with van der Waals surface area (Å²) < 4.78 is 13.9. The molecule has 1 aromatic carbocycles. The van der Waals surface area contributed by atoms with Crippen molar-refractivity contribution in [3.05, 3.63) is 47.1 Å². The van der Waals surface area contributed by atoms with Crippen molar-refractivity contribution >= 4 is 23.4 Å². The molecule has 0 fully saturated rings. The van der Waals surface area contributed by atoms with E-state index in [-0.39, 0.29) is 5.82 Å². The Balaban J connectivity index is 2.27. The zero-order valence-electron chi connectivity index (χ0n) is 9.15. The Bertz CT molecular complexity index is 516. The van der Waals surface area contributed by atoms with E-state index in [2.05, 4.69) is 9.97 Å². The van der Waals surface area contributed by atoms with E-state index < -0.39 is 0 Å². The van der Waals surface area contributed by atoms with Gasteiger partial charge in [0.25, 0.3) is 0 Å². The summed E-state index contributed by atoms with van der Waals surface area (Å²) in [7, 11) is 0. The largest absolute Gasteiger partial charge is 0.238 e. The summed E-state index contributed by atoms with van der Waals surface area (Å²) in [6, 6.07) is 7.20. The number of aryl methyl sites for hydroxylation is 1. The zero-order valence-corrected chi connectivity index (χ0v) is 10.7. The van der Waals surface area contributed by atoms with Crippen LogP contribution in [0.15, 0.2) is 40.5 Å². The molecule has 2 nitrogen and oxygen atoms in total. The average molecular weight is 269 g/mol. The summed E-state index contributed by atoms with van der Waals surface area (Å²) in [5.74, 6) is -0.338. The predicted octanol–water partition coefficient (Wildman–Crippen LogP) is 3.98. The highest BCUT2D eigenvalue weighted by Crippen LogP contribution is 2.29. The van der Waals surface area contributed by atoms with Crippen molar-refractivity contribution in [3.63, 3.8) is 0 Å². The average Bonchev–Trinajstić information content (AvgIpc) is 2.35. The van der Waals surface area contributed by atoms with Crippen molar-refractivity contribution in [1.29, 1.82) is 0 Å². The Labute approximate surface area is 108 Å². The molecule has 88 valence electrons. The van der Waals surface area contributed by atoms with Crippen molar-refractivity contribution in [3.8, 4) is 0 Å². The van der Waals surface area contributed by atoms with Gasteiger partial charge in [-0.2, -0.15) is 0 Å². The van der Waals surface area contributed by atoms with Gasteiger partial charge in [-0.15, -0.1) is 0 Å². The van der Waals surface area contributed by atoms with Crippen LogP contribution >= 0.6 is 23.4 Å². The van der Waals surface area contributed by atoms with Crippen LogP contribution in [0.5, 0.6) is 0 Å². The second-order valence-corrected chi connectivity index (χ2v) is 4.85. The zero-order chi connectivity index (χ0) is 12.3. The van der Waals surface area contributed by atoms with E-state index in [4.69, 9.17) is 11.6 Å². The fourth-order valence-electron chi connectivity index (χ4n) is 1.32. The monoisotopic (exact) mass is 268 g/mol. The first kappa shape index (κ1) is 12.3. The van der Waals surface area contributed by atoms with Crippen molar-refractivity contribution in [1.82, 2.24) is 9.97 Å². The maximum absolute atomic E-state index is 13.9. The van der Waals surface area contributed by atoms with Gasteiger partial charge < -0.3 is 0 Å². The molecule has 0 unspecified atom stereocenters. The summed E-state index contributed by atoms with van der Waals surface area (Å²) in [6.07, 6.45) is 1.95. The Morgan fingerprint density at radius 2 is 1.94 bits per heavy atom. The summed E-state index contributed by atoms with van der Waals surface area (Å²) in [6.45, 7) is 1.86. The summed E-state index contributed by atoms with van der Waals surface area (Å²) in [5, 5.41) is 1.01. The van der Waals surface area contributed by atoms with Crippen LogP contribution in [0, 0.1) is 5.82 Å². The molecule has 0 aliphatic rings. The molecule has 0 N–H and O–H groups in total. The second-order valence-electron chi connectivity index (χ2n) is 3.35. The van der Waals surface area contributed by atoms with E-state index >= 15 is 0 Å². The molecule has 1 heterocycles. The molecular weight excluding hydrogens is 259 g/mol. The van der Waals surface area contributed by atoms with E-state index in [0.29, 0.717) is 22.2 Å². The fourth-order valence-corrected chi connectivity index (χ4v) is 2.25. The van der Waals surface area contributed by atoms with Crippen LogP contribution < -0.4 is 0 Å². The molecule has 17 heavy (non-hydrogen) atoms. The number of rotatable bonds is 3. The maximum atomic E-state index is 13.9. The van der Waals surface area contributed by atoms with Gasteiger partial charge in [0.15, 0.2) is 5.82 Å². The molecule has 0 saturated heterocycles. The van der Waals surface area contributed by atoms with Crippen LogP contribution in [-0.4, -0.2) is 9.97 Å². The molecule has 0 bridgehead atoms. The minimum atomic E-state index is -0.338. The summed E-state index contributed by atoms with van der Waals surface area (Å²) >= 11 is 7.05. The van der Waals surface area contributed by atoms with E-state index in [0.717, 1.165) is 4.90 Å². The lowest BCUT2D eigenvalue weighted by molar-refractivity contribution is 0.559. The van der Waals surface area contributed by atoms with Gasteiger partial charge in [-0.25, -0.2) is 14.4 Å². The minimum absolute atomic E-state index is 0.338. The second kappa shape index (κ2) is 5.47. The lowest BCUT2D eigenvalue weighted by Crippen LogP contribution is -1.97. The first-order valence-electron chi connectivity index (χ1n) is 5.13. The van der Waals surface area contributed by atoms with Crippen molar-refractivity contribution in [2.45, 2.75) is 23.3 Å². The van der Waals surface area contributed by atoms with E-state index in [1.165, 1.54) is 18.1 Å². The molecule has 2 aromatic rings. The third-order valence-electron chi connectivity index (χ3n) is 2.19. The fraction of sp³-hybridized carbons (Fsp3) is 0.167. The van der Waals surface area contributed by atoms with Crippen LogP contribution in [0.2, 0.25) is 5.02 Å². The van der Waals surface area contributed by atoms with Crippen molar-refractivity contribution in [2.24, 2.45) is 0 Å². The van der Waals surface area contributed by atoms with Gasteiger partial charge in [0.2, 0.25) is 0 Å². The lowest BCUT2D eigenvalue weighted by atomic mass is 10.3. The highest BCUT2D eigenvalue weighted by Gasteiger charge is 2.10. The van der Waals surface area contributed by atoms with Gasteiger partial charge in [-0.3, -0.25) is 0 Å². The predicted molar refractivity (Wildman–Crippen MR) is 66.9 cm³/mol. The molecule has 0 spiro atoms. The van der Waals surface area contributed by atoms with Crippen molar-refractivity contribution in [2.75, 3.05) is 0 Å². The number of benzene rings is 1. The summed E-state index contributed by atoms with van der Waals surface area (Å²) in [4.78, 5) is 8.74. The first-order valence-corrected chi connectivity index (χ1v) is 6.33. The molecular formula is C12H10ClFN2S.